The number of fused-ring (bicyclic) bond motifs is 1. The summed E-state index contributed by atoms with van der Waals surface area (Å²) in [5, 5.41) is 21.7. The zero-order valence-electron chi connectivity index (χ0n) is 39.3. The van der Waals surface area contributed by atoms with Gasteiger partial charge >= 0.3 is 0 Å². The van der Waals surface area contributed by atoms with E-state index in [1.165, 1.54) is 11.1 Å². The van der Waals surface area contributed by atoms with Gasteiger partial charge in [0.25, 0.3) is 0 Å². The molecular formula is C55H66N6O4Si. The Hall–Kier alpha value is -5.69. The summed E-state index contributed by atoms with van der Waals surface area (Å²) < 4.78 is 15.3. The minimum Gasteiger partial charge on any atom is -0.487 e. The van der Waals surface area contributed by atoms with Crippen molar-refractivity contribution in [2.75, 3.05) is 32.7 Å². The van der Waals surface area contributed by atoms with Crippen molar-refractivity contribution in [3.05, 3.63) is 195 Å². The van der Waals surface area contributed by atoms with Gasteiger partial charge in [-0.25, -0.2) is 4.98 Å². The molecule has 1 aliphatic heterocycles. The average Bonchev–Trinajstić information content (AvgIpc) is 3.81. The Balaban J connectivity index is 0.825. The lowest BCUT2D eigenvalue weighted by Crippen LogP contribution is -2.43. The van der Waals surface area contributed by atoms with Crippen molar-refractivity contribution in [3.63, 3.8) is 0 Å². The van der Waals surface area contributed by atoms with Crippen molar-refractivity contribution in [2.24, 2.45) is 5.92 Å². The molecule has 0 saturated carbocycles. The fraction of sp³-hybridized carbons (Fsp3) is 0.364. The summed E-state index contributed by atoms with van der Waals surface area (Å²) in [6.45, 7) is 17.2. The molecule has 1 atom stereocenters. The fourth-order valence-electron chi connectivity index (χ4n) is 8.75. The molecule has 3 N–H and O–H groups in total. The first-order valence-electron chi connectivity index (χ1n) is 23.6. The van der Waals surface area contributed by atoms with Gasteiger partial charge in [0.05, 0.1) is 11.6 Å². The molecule has 8 rings (SSSR count). The molecule has 0 radical (unpaired) electrons. The summed E-state index contributed by atoms with van der Waals surface area (Å²) in [7, 11) is -2.18. The second-order valence-electron chi connectivity index (χ2n) is 19.4. The first-order valence-corrected chi connectivity index (χ1v) is 26.5. The highest BCUT2D eigenvalue weighted by molar-refractivity contribution is 6.74. The predicted octanol–water partition coefficient (Wildman–Crippen LogP) is 9.83. The molecule has 0 amide bonds. The molecule has 344 valence electrons. The number of aromatic nitrogens is 4. The van der Waals surface area contributed by atoms with Crippen LogP contribution in [0.1, 0.15) is 78.9 Å². The monoisotopic (exact) mass is 902 g/mol. The van der Waals surface area contributed by atoms with E-state index < -0.39 is 13.9 Å². The third-order valence-electron chi connectivity index (χ3n) is 13.8. The Bertz CT molecular complexity index is 2640. The van der Waals surface area contributed by atoms with Crippen molar-refractivity contribution in [3.8, 4) is 5.75 Å². The molecule has 0 bridgehead atoms. The lowest BCUT2D eigenvalue weighted by atomic mass is 9.86. The van der Waals surface area contributed by atoms with Crippen LogP contribution in [0, 0.1) is 5.92 Å². The summed E-state index contributed by atoms with van der Waals surface area (Å²) >= 11 is 0. The van der Waals surface area contributed by atoms with Crippen molar-refractivity contribution < 1.29 is 14.3 Å². The van der Waals surface area contributed by atoms with Gasteiger partial charge in [-0.15, -0.1) is 0 Å². The lowest BCUT2D eigenvalue weighted by Gasteiger charge is -2.39. The number of nitrogens with one attached hydrogen (secondary N) is 2. The van der Waals surface area contributed by atoms with Crippen molar-refractivity contribution in [1.29, 1.82) is 0 Å². The average molecular weight is 903 g/mol. The molecular weight excluding hydrogens is 837 g/mol. The Morgan fingerprint density at radius 2 is 1.41 bits per heavy atom. The van der Waals surface area contributed by atoms with E-state index in [4.69, 9.17) is 14.3 Å². The van der Waals surface area contributed by atoms with Crippen LogP contribution in [0.2, 0.25) is 18.1 Å². The maximum Gasteiger partial charge on any atom is 0.248 e. The number of nitrogens with zero attached hydrogens (tertiary/aromatic N) is 4. The van der Waals surface area contributed by atoms with Gasteiger partial charge in [-0.3, -0.25) is 9.48 Å². The van der Waals surface area contributed by atoms with Crippen LogP contribution in [0.4, 0.5) is 0 Å². The van der Waals surface area contributed by atoms with Crippen molar-refractivity contribution in [1.82, 2.24) is 30.0 Å². The maximum atomic E-state index is 12.6. The van der Waals surface area contributed by atoms with Crippen LogP contribution in [-0.4, -0.2) is 70.8 Å². The number of hydrogen-bond donors (Lipinski definition) is 3. The molecule has 66 heavy (non-hydrogen) atoms. The van der Waals surface area contributed by atoms with E-state index >= 15 is 0 Å². The fourth-order valence-corrected chi connectivity index (χ4v) is 10.0. The molecule has 10 nitrogen and oxygen atoms in total. The van der Waals surface area contributed by atoms with E-state index in [0.717, 1.165) is 86.0 Å². The first kappa shape index (κ1) is 46.8. The third kappa shape index (κ3) is 11.3. The van der Waals surface area contributed by atoms with Crippen LogP contribution in [-0.2, 0) is 36.0 Å². The number of likely N-dealkylation sites (tertiary alicyclic amines) is 1. The molecule has 0 spiro atoms. The van der Waals surface area contributed by atoms with Crippen LogP contribution in [0.3, 0.4) is 0 Å². The quantitative estimate of drug-likeness (QED) is 0.0543. The Kier molecular flexibility index (Phi) is 14.8. The molecule has 5 aromatic carbocycles. The van der Waals surface area contributed by atoms with Gasteiger partial charge in [0.1, 0.15) is 18.7 Å². The zero-order chi connectivity index (χ0) is 46.2. The van der Waals surface area contributed by atoms with Gasteiger partial charge in [0.2, 0.25) is 5.56 Å². The Labute approximate surface area is 391 Å². The number of hydrogen-bond acceptors (Lipinski definition) is 8. The number of aromatic amines is 1. The van der Waals surface area contributed by atoms with Crippen molar-refractivity contribution in [2.45, 2.75) is 89.4 Å². The van der Waals surface area contributed by atoms with Gasteiger partial charge in [0, 0.05) is 31.1 Å². The van der Waals surface area contributed by atoms with E-state index in [9.17, 15) is 9.90 Å². The number of aliphatic hydroxyl groups is 1. The Morgan fingerprint density at radius 1 is 0.788 bits per heavy atom. The number of piperidine rings is 1. The van der Waals surface area contributed by atoms with E-state index in [2.05, 4.69) is 84.4 Å². The van der Waals surface area contributed by atoms with Crippen LogP contribution in [0.25, 0.3) is 10.9 Å². The summed E-state index contributed by atoms with van der Waals surface area (Å²) in [6, 6.07) is 46.1. The van der Waals surface area contributed by atoms with Gasteiger partial charge in [0.15, 0.2) is 19.7 Å². The standard InChI is InChI=1S/C55H66N6O4Si/c1-54(2,3)66(4,5)65-50(47-25-27-49(52-48(47)26-28-51(62)58-52)64-39-44-15-9-6-10-16-44)37-56-33-29-41-21-23-42(24-22-41)30-34-60-35-31-43(32-36-60)38-61-40-57-53(59-61)55(63,45-17-11-7-12-18-45)46-19-13-8-14-20-46/h6-28,40,43,50,56,63H,29-39H2,1-5H3,(H,58,62)/t50-/m0/s1. The Morgan fingerprint density at radius 3 is 2.05 bits per heavy atom. The number of ether oxygens (including phenoxy) is 1. The molecule has 11 heteroatoms. The van der Waals surface area contributed by atoms with E-state index in [0.29, 0.717) is 36.2 Å². The molecule has 1 fully saturated rings. The number of pyridine rings is 1. The SMILES string of the molecule is CC(C)(C)[Si](C)(C)O[C@@H](CNCCc1ccc(CCN2CCC(Cn3cnc(C(O)(c4ccccc4)c4ccccc4)n3)CC2)cc1)c1ccc(OCc2ccccc2)c2[nH]c(=O)ccc12. The van der Waals surface area contributed by atoms with Crippen LogP contribution in [0.15, 0.2) is 151 Å². The largest absolute Gasteiger partial charge is 0.487 e. The number of H-pyrrole nitrogens is 1. The summed E-state index contributed by atoms with van der Waals surface area (Å²) in [6.07, 6.45) is 5.71. The van der Waals surface area contributed by atoms with Gasteiger partial charge in [-0.05, 0) is 115 Å². The summed E-state index contributed by atoms with van der Waals surface area (Å²) in [5.74, 6) is 1.56. The zero-order valence-corrected chi connectivity index (χ0v) is 40.3. The number of benzene rings is 5. The van der Waals surface area contributed by atoms with Crippen LogP contribution < -0.4 is 15.6 Å². The van der Waals surface area contributed by atoms with Crippen molar-refractivity contribution >= 4 is 19.2 Å². The second kappa shape index (κ2) is 20.9. The molecule has 0 unspecified atom stereocenters. The van der Waals surface area contributed by atoms with E-state index in [1.807, 2.05) is 108 Å². The molecule has 0 aliphatic carbocycles. The highest BCUT2D eigenvalue weighted by Crippen LogP contribution is 2.41. The highest BCUT2D eigenvalue weighted by Gasteiger charge is 2.40. The number of rotatable bonds is 19. The molecule has 3 heterocycles. The van der Waals surface area contributed by atoms with Crippen LogP contribution >= 0.6 is 0 Å². The van der Waals surface area contributed by atoms with E-state index in [-0.39, 0.29) is 16.7 Å². The molecule has 1 aliphatic rings. The van der Waals surface area contributed by atoms with Gasteiger partial charge < -0.3 is 29.5 Å². The normalized spacial score (nSPS) is 14.7. The predicted molar refractivity (Wildman–Crippen MR) is 267 cm³/mol. The summed E-state index contributed by atoms with van der Waals surface area (Å²) in [4.78, 5) is 22.9. The summed E-state index contributed by atoms with van der Waals surface area (Å²) in [5.41, 5.74) is 5.38. The smallest absolute Gasteiger partial charge is 0.248 e. The van der Waals surface area contributed by atoms with E-state index in [1.54, 1.807) is 12.4 Å². The van der Waals surface area contributed by atoms with Gasteiger partial charge in [-0.2, -0.15) is 5.10 Å². The third-order valence-corrected chi connectivity index (χ3v) is 18.3. The first-order chi connectivity index (χ1) is 31.9. The maximum absolute atomic E-state index is 12.6. The molecule has 2 aromatic heterocycles. The molecule has 1 saturated heterocycles. The van der Waals surface area contributed by atoms with Gasteiger partial charge in [-0.1, -0.05) is 142 Å². The lowest BCUT2D eigenvalue weighted by molar-refractivity contribution is 0.114. The van der Waals surface area contributed by atoms with Crippen LogP contribution in [0.5, 0.6) is 5.75 Å². The second-order valence-corrected chi connectivity index (χ2v) is 24.2. The molecule has 7 aromatic rings. The topological polar surface area (TPSA) is 118 Å². The minimum atomic E-state index is -2.18. The highest BCUT2D eigenvalue weighted by atomic mass is 28.4. The minimum absolute atomic E-state index is 0.0262.